The van der Waals surface area contributed by atoms with Gasteiger partial charge in [0.25, 0.3) is 0 Å². The van der Waals surface area contributed by atoms with E-state index >= 15 is 0 Å². The number of alkyl halides is 3. The Morgan fingerprint density at radius 2 is 1.95 bits per heavy atom. The number of benzene rings is 1. The average Bonchev–Trinajstić information content (AvgIpc) is 2.92. The highest BCUT2D eigenvalue weighted by Crippen LogP contribution is 2.35. The SMILES string of the molecule is CNC(CSC1CCCC1)c1ccccc1OC(F)(F)F. The van der Waals surface area contributed by atoms with E-state index in [1.807, 2.05) is 11.8 Å². The molecule has 1 fully saturated rings. The molecule has 0 aromatic heterocycles. The molecule has 0 spiro atoms. The molecule has 0 radical (unpaired) electrons. The van der Waals surface area contributed by atoms with E-state index in [2.05, 4.69) is 10.1 Å². The van der Waals surface area contributed by atoms with Gasteiger partial charge in [-0.2, -0.15) is 11.8 Å². The molecule has 0 bridgehead atoms. The first kappa shape index (κ1) is 16.5. The Hall–Kier alpha value is -0.880. The zero-order chi connectivity index (χ0) is 15.3. The number of hydrogen-bond acceptors (Lipinski definition) is 3. The Balaban J connectivity index is 2.05. The standard InChI is InChI=1S/C15H20F3NOS/c1-19-13(10-21-11-6-2-3-7-11)12-8-4-5-9-14(12)20-15(16,17)18/h4-5,8-9,11,13,19H,2-3,6-7,10H2,1H3. The van der Waals surface area contributed by atoms with Crippen LogP contribution in [-0.2, 0) is 0 Å². The van der Waals surface area contributed by atoms with Gasteiger partial charge < -0.3 is 10.1 Å². The second-order valence-electron chi connectivity index (χ2n) is 5.17. The minimum Gasteiger partial charge on any atom is -0.405 e. The lowest BCUT2D eigenvalue weighted by Crippen LogP contribution is -2.23. The maximum Gasteiger partial charge on any atom is 0.573 e. The number of ether oxygens (including phenoxy) is 1. The van der Waals surface area contributed by atoms with E-state index in [1.165, 1.54) is 31.7 Å². The van der Waals surface area contributed by atoms with E-state index in [4.69, 9.17) is 0 Å². The van der Waals surface area contributed by atoms with Gasteiger partial charge in [-0.1, -0.05) is 31.0 Å². The van der Waals surface area contributed by atoms with Gasteiger partial charge in [0.1, 0.15) is 5.75 Å². The van der Waals surface area contributed by atoms with Crippen LogP contribution in [0.5, 0.6) is 5.75 Å². The summed E-state index contributed by atoms with van der Waals surface area (Å²) in [7, 11) is 1.77. The fourth-order valence-corrected chi connectivity index (χ4v) is 4.08. The van der Waals surface area contributed by atoms with Crippen molar-refractivity contribution in [1.82, 2.24) is 5.32 Å². The smallest absolute Gasteiger partial charge is 0.405 e. The molecule has 1 saturated carbocycles. The summed E-state index contributed by atoms with van der Waals surface area (Å²) in [4.78, 5) is 0. The lowest BCUT2D eigenvalue weighted by Gasteiger charge is -2.21. The van der Waals surface area contributed by atoms with Crippen LogP contribution in [0.2, 0.25) is 0 Å². The van der Waals surface area contributed by atoms with Crippen LogP contribution in [0.3, 0.4) is 0 Å². The van der Waals surface area contributed by atoms with Crippen molar-refractivity contribution in [3.8, 4) is 5.75 Å². The summed E-state index contributed by atoms with van der Waals surface area (Å²) in [6, 6.07) is 6.21. The summed E-state index contributed by atoms with van der Waals surface area (Å²) in [5, 5.41) is 3.74. The molecule has 2 rings (SSSR count). The molecular formula is C15H20F3NOS. The monoisotopic (exact) mass is 319 g/mol. The summed E-state index contributed by atoms with van der Waals surface area (Å²) in [6.45, 7) is 0. The van der Waals surface area contributed by atoms with E-state index in [0.29, 0.717) is 10.8 Å². The molecule has 21 heavy (non-hydrogen) atoms. The maximum absolute atomic E-state index is 12.5. The third-order valence-corrected chi connectivity index (χ3v) is 5.14. The van der Waals surface area contributed by atoms with E-state index < -0.39 is 6.36 Å². The predicted molar refractivity (Wildman–Crippen MR) is 79.6 cm³/mol. The number of rotatable bonds is 6. The highest BCUT2D eigenvalue weighted by molar-refractivity contribution is 7.99. The minimum absolute atomic E-state index is 0.114. The van der Waals surface area contributed by atoms with Gasteiger partial charge in [0.15, 0.2) is 0 Å². The fourth-order valence-electron chi connectivity index (χ4n) is 2.60. The topological polar surface area (TPSA) is 21.3 Å². The molecule has 2 nitrogen and oxygen atoms in total. The van der Waals surface area contributed by atoms with Crippen molar-refractivity contribution in [2.45, 2.75) is 43.3 Å². The molecule has 1 aliphatic rings. The second kappa shape index (κ2) is 7.40. The zero-order valence-electron chi connectivity index (χ0n) is 12.0. The van der Waals surface area contributed by atoms with Crippen molar-refractivity contribution in [2.24, 2.45) is 0 Å². The molecule has 0 amide bonds. The molecule has 1 aromatic rings. The van der Waals surface area contributed by atoms with Crippen molar-refractivity contribution in [3.63, 3.8) is 0 Å². The predicted octanol–water partition coefficient (Wildman–Crippen LogP) is 4.52. The molecule has 0 aliphatic heterocycles. The molecule has 1 aliphatic carbocycles. The van der Waals surface area contributed by atoms with Gasteiger partial charge in [-0.25, -0.2) is 0 Å². The van der Waals surface area contributed by atoms with Gasteiger partial charge >= 0.3 is 6.36 Å². The lowest BCUT2D eigenvalue weighted by atomic mass is 10.1. The average molecular weight is 319 g/mol. The fraction of sp³-hybridized carbons (Fsp3) is 0.600. The maximum atomic E-state index is 12.5. The van der Waals surface area contributed by atoms with E-state index in [-0.39, 0.29) is 11.8 Å². The molecule has 118 valence electrons. The number of nitrogens with one attached hydrogen (secondary N) is 1. The van der Waals surface area contributed by atoms with Gasteiger partial charge in [-0.15, -0.1) is 13.2 Å². The molecule has 1 unspecified atom stereocenters. The van der Waals surface area contributed by atoms with Crippen molar-refractivity contribution in [3.05, 3.63) is 29.8 Å². The van der Waals surface area contributed by atoms with E-state index in [0.717, 1.165) is 5.75 Å². The highest BCUT2D eigenvalue weighted by Gasteiger charge is 2.33. The normalized spacial score (nSPS) is 17.9. The summed E-state index contributed by atoms with van der Waals surface area (Å²) < 4.78 is 41.6. The van der Waals surface area contributed by atoms with Gasteiger partial charge in [-0.3, -0.25) is 0 Å². The van der Waals surface area contributed by atoms with Gasteiger partial charge in [0.2, 0.25) is 0 Å². The Labute approximate surface area is 127 Å². The second-order valence-corrected chi connectivity index (χ2v) is 6.50. The molecule has 6 heteroatoms. The van der Waals surface area contributed by atoms with E-state index in [9.17, 15) is 13.2 Å². The first-order valence-corrected chi connectivity index (χ1v) is 8.18. The third-order valence-electron chi connectivity index (χ3n) is 3.67. The van der Waals surface area contributed by atoms with Crippen LogP contribution in [0, 0.1) is 0 Å². The Bertz CT molecular complexity index is 447. The van der Waals surface area contributed by atoms with Crippen molar-refractivity contribution in [1.29, 1.82) is 0 Å². The van der Waals surface area contributed by atoms with Gasteiger partial charge in [0, 0.05) is 22.6 Å². The molecule has 1 atom stereocenters. The molecule has 1 aromatic carbocycles. The van der Waals surface area contributed by atoms with Gasteiger partial charge in [-0.05, 0) is 26.0 Å². The minimum atomic E-state index is -4.66. The molecular weight excluding hydrogens is 299 g/mol. The summed E-state index contributed by atoms with van der Waals surface area (Å²) in [5.41, 5.74) is 0.558. The Morgan fingerprint density at radius 3 is 2.57 bits per heavy atom. The van der Waals surface area contributed by atoms with Crippen LogP contribution in [0.4, 0.5) is 13.2 Å². The third kappa shape index (κ3) is 5.11. The van der Waals surface area contributed by atoms with Crippen LogP contribution >= 0.6 is 11.8 Å². The van der Waals surface area contributed by atoms with Crippen LogP contribution < -0.4 is 10.1 Å². The van der Waals surface area contributed by atoms with Crippen molar-refractivity contribution in [2.75, 3.05) is 12.8 Å². The largest absolute Gasteiger partial charge is 0.573 e. The summed E-state index contributed by atoms with van der Waals surface area (Å²) in [5.74, 6) is 0.635. The highest BCUT2D eigenvalue weighted by atomic mass is 32.2. The molecule has 1 N–H and O–H groups in total. The van der Waals surface area contributed by atoms with Gasteiger partial charge in [0.05, 0.1) is 0 Å². The van der Waals surface area contributed by atoms with Crippen LogP contribution in [-0.4, -0.2) is 24.4 Å². The quantitative estimate of drug-likeness (QED) is 0.833. The Morgan fingerprint density at radius 1 is 1.29 bits per heavy atom. The summed E-state index contributed by atoms with van der Waals surface area (Å²) >= 11 is 1.84. The molecule has 0 saturated heterocycles. The number of para-hydroxylation sites is 1. The van der Waals surface area contributed by atoms with E-state index in [1.54, 1.807) is 25.2 Å². The zero-order valence-corrected chi connectivity index (χ0v) is 12.8. The first-order chi connectivity index (χ1) is 9.99. The van der Waals surface area contributed by atoms with Crippen LogP contribution in [0.1, 0.15) is 37.3 Å². The number of hydrogen-bond donors (Lipinski definition) is 1. The Kier molecular flexibility index (Phi) is 5.81. The number of thioether (sulfide) groups is 1. The molecule has 0 heterocycles. The van der Waals surface area contributed by atoms with Crippen molar-refractivity contribution >= 4 is 11.8 Å². The lowest BCUT2D eigenvalue weighted by molar-refractivity contribution is -0.275. The van der Waals surface area contributed by atoms with Crippen molar-refractivity contribution < 1.29 is 17.9 Å². The summed E-state index contributed by atoms with van der Waals surface area (Å²) in [6.07, 6.45) is 0.280. The van der Waals surface area contributed by atoms with Crippen LogP contribution in [0.15, 0.2) is 24.3 Å². The first-order valence-electron chi connectivity index (χ1n) is 7.13. The number of halogens is 3. The van der Waals surface area contributed by atoms with Crippen LogP contribution in [0.25, 0.3) is 0 Å².